The fourth-order valence-corrected chi connectivity index (χ4v) is 4.85. The van der Waals surface area contributed by atoms with Crippen molar-refractivity contribution in [1.29, 1.82) is 0 Å². The second kappa shape index (κ2) is 8.44. The first-order valence-electron chi connectivity index (χ1n) is 9.90. The molecule has 1 aromatic carbocycles. The van der Waals surface area contributed by atoms with Gasteiger partial charge in [0.25, 0.3) is 0 Å². The average Bonchev–Trinajstić information content (AvgIpc) is 3.14. The van der Waals surface area contributed by atoms with E-state index in [0.29, 0.717) is 6.61 Å². The number of hydrogen-bond acceptors (Lipinski definition) is 6. The number of benzene rings is 1. The second-order valence-electron chi connectivity index (χ2n) is 7.19. The van der Waals surface area contributed by atoms with Gasteiger partial charge in [-0.25, -0.2) is 4.98 Å². The van der Waals surface area contributed by atoms with Crippen molar-refractivity contribution >= 4 is 32.6 Å². The highest BCUT2D eigenvalue weighted by molar-refractivity contribution is 7.22. The molecule has 0 aliphatic carbocycles. The Kier molecular flexibility index (Phi) is 5.78. The molecule has 2 saturated heterocycles. The molecule has 3 heterocycles. The minimum absolute atomic E-state index is 0.109. The van der Waals surface area contributed by atoms with Gasteiger partial charge in [-0.05, 0) is 44.7 Å². The van der Waals surface area contributed by atoms with Gasteiger partial charge in [0, 0.05) is 38.3 Å². The number of amides is 1. The number of thiazole rings is 1. The maximum atomic E-state index is 12.6. The summed E-state index contributed by atoms with van der Waals surface area (Å²) in [6, 6.07) is 6.36. The molecule has 1 N–H and O–H groups in total. The number of carbonyl (C=O) groups excluding carboxylic acids is 1. The van der Waals surface area contributed by atoms with Crippen LogP contribution in [0.4, 0.5) is 5.13 Å². The number of nitrogens with zero attached hydrogens (tertiary/aromatic N) is 2. The zero-order valence-corrected chi connectivity index (χ0v) is 16.6. The monoisotopic (exact) mass is 389 g/mol. The first-order valence-corrected chi connectivity index (χ1v) is 10.7. The third-order valence-corrected chi connectivity index (χ3v) is 6.46. The molecule has 2 aliphatic rings. The predicted octanol–water partition coefficient (Wildman–Crippen LogP) is 3.21. The number of ether oxygens (including phenoxy) is 2. The average molecular weight is 390 g/mol. The van der Waals surface area contributed by atoms with Crippen LogP contribution in [0.3, 0.4) is 0 Å². The molecule has 2 fully saturated rings. The smallest absolute Gasteiger partial charge is 0.223 e. The molecule has 4 rings (SSSR count). The summed E-state index contributed by atoms with van der Waals surface area (Å²) in [7, 11) is 0. The molecular formula is C20H27N3O3S. The Balaban J connectivity index is 1.36. The van der Waals surface area contributed by atoms with Crippen molar-refractivity contribution in [2.24, 2.45) is 5.92 Å². The summed E-state index contributed by atoms with van der Waals surface area (Å²) in [6.45, 7) is 5.88. The van der Waals surface area contributed by atoms with E-state index in [1.807, 2.05) is 19.1 Å². The number of anilines is 1. The Morgan fingerprint density at radius 2 is 2.07 bits per heavy atom. The third-order valence-electron chi connectivity index (χ3n) is 5.37. The van der Waals surface area contributed by atoms with Gasteiger partial charge in [-0.3, -0.25) is 4.79 Å². The van der Waals surface area contributed by atoms with E-state index in [1.54, 1.807) is 11.3 Å². The van der Waals surface area contributed by atoms with Crippen molar-refractivity contribution in [3.05, 3.63) is 18.2 Å². The molecule has 1 amide bonds. The number of hydrogen-bond donors (Lipinski definition) is 1. The summed E-state index contributed by atoms with van der Waals surface area (Å²) in [5.74, 6) is 1.17. The van der Waals surface area contributed by atoms with Crippen LogP contribution in [0, 0.1) is 5.92 Å². The maximum Gasteiger partial charge on any atom is 0.223 e. The Morgan fingerprint density at radius 1 is 1.30 bits per heavy atom. The Morgan fingerprint density at radius 3 is 2.81 bits per heavy atom. The van der Waals surface area contributed by atoms with Gasteiger partial charge in [-0.2, -0.15) is 0 Å². The molecule has 0 unspecified atom stereocenters. The lowest BCUT2D eigenvalue weighted by molar-refractivity contribution is -0.126. The highest BCUT2D eigenvalue weighted by Gasteiger charge is 2.28. The van der Waals surface area contributed by atoms with E-state index in [4.69, 9.17) is 14.5 Å². The molecule has 146 valence electrons. The summed E-state index contributed by atoms with van der Waals surface area (Å²) in [5.41, 5.74) is 0.943. The van der Waals surface area contributed by atoms with E-state index in [9.17, 15) is 4.79 Å². The lowest BCUT2D eigenvalue weighted by Gasteiger charge is -2.32. The zero-order valence-electron chi connectivity index (χ0n) is 15.8. The van der Waals surface area contributed by atoms with Crippen molar-refractivity contribution < 1.29 is 14.3 Å². The van der Waals surface area contributed by atoms with Crippen LogP contribution in [-0.4, -0.2) is 49.8 Å². The first-order chi connectivity index (χ1) is 13.2. The molecule has 0 radical (unpaired) electrons. The van der Waals surface area contributed by atoms with Gasteiger partial charge >= 0.3 is 0 Å². The minimum Gasteiger partial charge on any atom is -0.492 e. The van der Waals surface area contributed by atoms with E-state index in [-0.39, 0.29) is 17.9 Å². The van der Waals surface area contributed by atoms with Crippen LogP contribution >= 0.6 is 11.3 Å². The van der Waals surface area contributed by atoms with E-state index in [0.717, 1.165) is 73.1 Å². The second-order valence-corrected chi connectivity index (χ2v) is 8.20. The summed E-state index contributed by atoms with van der Waals surface area (Å²) in [4.78, 5) is 19.7. The molecule has 7 heteroatoms. The van der Waals surface area contributed by atoms with Crippen molar-refractivity contribution in [1.82, 2.24) is 10.3 Å². The van der Waals surface area contributed by atoms with Crippen LogP contribution in [-0.2, 0) is 9.53 Å². The Hall–Kier alpha value is -1.86. The lowest BCUT2D eigenvalue weighted by Crippen LogP contribution is -2.45. The Bertz CT molecular complexity index is 780. The molecule has 0 saturated carbocycles. The normalized spacial score (nSPS) is 19.4. The topological polar surface area (TPSA) is 63.7 Å². The zero-order chi connectivity index (χ0) is 18.6. The number of nitrogens with one attached hydrogen (secondary N) is 1. The minimum atomic E-state index is 0.109. The van der Waals surface area contributed by atoms with Gasteiger partial charge in [0.1, 0.15) is 11.3 Å². The molecular weight excluding hydrogens is 362 g/mol. The maximum absolute atomic E-state index is 12.6. The molecule has 27 heavy (non-hydrogen) atoms. The Labute approximate surface area is 163 Å². The number of carbonyl (C=O) groups is 1. The van der Waals surface area contributed by atoms with Crippen LogP contribution < -0.4 is 15.0 Å². The van der Waals surface area contributed by atoms with Gasteiger partial charge < -0.3 is 19.7 Å². The van der Waals surface area contributed by atoms with Gasteiger partial charge in [0.2, 0.25) is 5.91 Å². The molecule has 0 atom stereocenters. The van der Waals surface area contributed by atoms with Crippen molar-refractivity contribution in [3.8, 4) is 5.75 Å². The molecule has 2 aromatic rings. The summed E-state index contributed by atoms with van der Waals surface area (Å²) < 4.78 is 12.2. The van der Waals surface area contributed by atoms with Crippen LogP contribution in [0.5, 0.6) is 5.75 Å². The number of rotatable bonds is 5. The fourth-order valence-electron chi connectivity index (χ4n) is 3.81. The van der Waals surface area contributed by atoms with Gasteiger partial charge in [-0.1, -0.05) is 17.4 Å². The van der Waals surface area contributed by atoms with E-state index in [1.165, 1.54) is 0 Å². The van der Waals surface area contributed by atoms with E-state index < -0.39 is 0 Å². The highest BCUT2D eigenvalue weighted by atomic mass is 32.1. The third kappa shape index (κ3) is 4.19. The van der Waals surface area contributed by atoms with Crippen LogP contribution in [0.25, 0.3) is 10.2 Å². The van der Waals surface area contributed by atoms with E-state index >= 15 is 0 Å². The highest BCUT2D eigenvalue weighted by Crippen LogP contribution is 2.35. The van der Waals surface area contributed by atoms with Crippen LogP contribution in [0.2, 0.25) is 0 Å². The fraction of sp³-hybridized carbons (Fsp3) is 0.600. The summed E-state index contributed by atoms with van der Waals surface area (Å²) in [6.07, 6.45) is 3.61. The SMILES string of the molecule is CCOc1cccc2sc(N3CCC(C(=O)NC4CCOCC4)CC3)nc12. The number of para-hydroxylation sites is 1. The largest absolute Gasteiger partial charge is 0.492 e. The van der Waals surface area contributed by atoms with Crippen molar-refractivity contribution in [2.75, 3.05) is 37.8 Å². The summed E-state index contributed by atoms with van der Waals surface area (Å²) in [5, 5.41) is 4.25. The molecule has 6 nitrogen and oxygen atoms in total. The van der Waals surface area contributed by atoms with E-state index in [2.05, 4.69) is 16.3 Å². The standard InChI is InChI=1S/C20H27N3O3S/c1-2-26-16-4-3-5-17-18(16)22-20(27-17)23-10-6-14(7-11-23)19(24)21-15-8-12-25-13-9-15/h3-5,14-15H,2,6-13H2,1H3,(H,21,24). The summed E-state index contributed by atoms with van der Waals surface area (Å²) >= 11 is 1.70. The van der Waals surface area contributed by atoms with Crippen LogP contribution in [0.1, 0.15) is 32.6 Å². The number of aromatic nitrogens is 1. The van der Waals surface area contributed by atoms with Gasteiger partial charge in [0.15, 0.2) is 5.13 Å². The van der Waals surface area contributed by atoms with Crippen molar-refractivity contribution in [2.45, 2.75) is 38.6 Å². The molecule has 2 aliphatic heterocycles. The number of piperidine rings is 1. The molecule has 0 bridgehead atoms. The van der Waals surface area contributed by atoms with Gasteiger partial charge in [0.05, 0.1) is 11.3 Å². The molecule has 1 aromatic heterocycles. The van der Waals surface area contributed by atoms with Crippen molar-refractivity contribution in [3.63, 3.8) is 0 Å². The lowest BCUT2D eigenvalue weighted by atomic mass is 9.95. The first kappa shape index (κ1) is 18.5. The number of fused-ring (bicyclic) bond motifs is 1. The van der Waals surface area contributed by atoms with Gasteiger partial charge in [-0.15, -0.1) is 0 Å². The predicted molar refractivity (Wildman–Crippen MR) is 108 cm³/mol. The quantitative estimate of drug-likeness (QED) is 0.851. The molecule has 0 spiro atoms. The van der Waals surface area contributed by atoms with Crippen LogP contribution in [0.15, 0.2) is 18.2 Å².